The molecule has 3 aliphatic rings. The fraction of sp³-hybridized carbons (Fsp3) is 0.938. The third kappa shape index (κ3) is 4.11. The number of halogens is 1. The second kappa shape index (κ2) is 7.80. The summed E-state index contributed by atoms with van der Waals surface area (Å²) in [5.74, 6) is 1.05. The van der Waals surface area contributed by atoms with E-state index in [4.69, 9.17) is 0 Å². The number of hydrogen-bond acceptors (Lipinski definition) is 3. The molecule has 5 heteroatoms. The molecule has 0 aromatic rings. The van der Waals surface area contributed by atoms with Crippen LogP contribution in [0.4, 0.5) is 0 Å². The van der Waals surface area contributed by atoms with Gasteiger partial charge in [-0.1, -0.05) is 6.92 Å². The van der Waals surface area contributed by atoms with Crippen molar-refractivity contribution < 1.29 is 4.79 Å². The van der Waals surface area contributed by atoms with E-state index < -0.39 is 0 Å². The van der Waals surface area contributed by atoms with Crippen LogP contribution >= 0.6 is 12.4 Å². The van der Waals surface area contributed by atoms with Crippen molar-refractivity contribution in [3.05, 3.63) is 0 Å². The van der Waals surface area contributed by atoms with Gasteiger partial charge >= 0.3 is 0 Å². The Morgan fingerprint density at radius 1 is 1.10 bits per heavy atom. The fourth-order valence-electron chi connectivity index (χ4n) is 4.08. The molecule has 3 unspecified atom stereocenters. The van der Waals surface area contributed by atoms with Crippen molar-refractivity contribution in [2.75, 3.05) is 32.7 Å². The molecule has 1 N–H and O–H groups in total. The summed E-state index contributed by atoms with van der Waals surface area (Å²) in [4.78, 5) is 17.5. The van der Waals surface area contributed by atoms with Crippen LogP contribution in [0.1, 0.15) is 45.4 Å². The van der Waals surface area contributed by atoms with Gasteiger partial charge in [0.15, 0.2) is 0 Å². The molecule has 3 rings (SSSR count). The van der Waals surface area contributed by atoms with Crippen LogP contribution < -0.4 is 5.32 Å². The molecule has 21 heavy (non-hydrogen) atoms. The minimum absolute atomic E-state index is 0. The highest BCUT2D eigenvalue weighted by atomic mass is 35.5. The molecule has 122 valence electrons. The van der Waals surface area contributed by atoms with Gasteiger partial charge in [-0.15, -0.1) is 12.4 Å². The van der Waals surface area contributed by atoms with Crippen LogP contribution in [0.15, 0.2) is 0 Å². The maximum absolute atomic E-state index is 12.7. The number of carbonyl (C=O) groups is 1. The maximum atomic E-state index is 12.7. The Balaban J connectivity index is 0.00000161. The Labute approximate surface area is 135 Å². The molecule has 0 bridgehead atoms. The molecule has 3 heterocycles. The van der Waals surface area contributed by atoms with Crippen molar-refractivity contribution in [1.29, 1.82) is 0 Å². The number of rotatable bonds is 2. The van der Waals surface area contributed by atoms with Crippen LogP contribution in [0.2, 0.25) is 0 Å². The summed E-state index contributed by atoms with van der Waals surface area (Å²) in [5, 5.41) is 3.43. The molecule has 4 nitrogen and oxygen atoms in total. The van der Waals surface area contributed by atoms with Crippen LogP contribution in [0.3, 0.4) is 0 Å². The third-order valence-electron chi connectivity index (χ3n) is 5.33. The number of hydrogen-bond donors (Lipinski definition) is 1. The average Bonchev–Trinajstić information content (AvgIpc) is 3.01. The quantitative estimate of drug-likeness (QED) is 0.845. The highest BCUT2D eigenvalue weighted by molar-refractivity contribution is 5.85. The first-order valence-corrected chi connectivity index (χ1v) is 8.50. The van der Waals surface area contributed by atoms with E-state index in [0.717, 1.165) is 26.1 Å². The van der Waals surface area contributed by atoms with Crippen molar-refractivity contribution >= 4 is 18.3 Å². The van der Waals surface area contributed by atoms with Gasteiger partial charge in [-0.3, -0.25) is 9.69 Å². The van der Waals surface area contributed by atoms with Gasteiger partial charge in [0.05, 0.1) is 6.04 Å². The third-order valence-corrected chi connectivity index (χ3v) is 5.33. The van der Waals surface area contributed by atoms with Crippen molar-refractivity contribution in [3.8, 4) is 0 Å². The summed E-state index contributed by atoms with van der Waals surface area (Å²) < 4.78 is 0. The molecule has 0 aromatic carbocycles. The first-order chi connectivity index (χ1) is 9.74. The lowest BCUT2D eigenvalue weighted by molar-refractivity contribution is -0.136. The van der Waals surface area contributed by atoms with Gasteiger partial charge in [0.25, 0.3) is 0 Å². The first-order valence-electron chi connectivity index (χ1n) is 8.50. The van der Waals surface area contributed by atoms with Gasteiger partial charge in [-0.05, 0) is 64.1 Å². The van der Waals surface area contributed by atoms with Crippen molar-refractivity contribution in [3.63, 3.8) is 0 Å². The van der Waals surface area contributed by atoms with E-state index in [1.807, 2.05) is 0 Å². The first kappa shape index (κ1) is 17.0. The van der Waals surface area contributed by atoms with E-state index >= 15 is 0 Å². The molecular weight excluding hydrogens is 286 g/mol. The highest BCUT2D eigenvalue weighted by Crippen LogP contribution is 2.23. The largest absolute Gasteiger partial charge is 0.340 e. The Bertz CT molecular complexity index is 346. The van der Waals surface area contributed by atoms with Gasteiger partial charge in [0.1, 0.15) is 0 Å². The second-order valence-electron chi connectivity index (χ2n) is 6.96. The molecule has 0 aromatic heterocycles. The Hall–Kier alpha value is -0.320. The molecule has 0 spiro atoms. The molecule has 3 saturated heterocycles. The van der Waals surface area contributed by atoms with E-state index in [1.165, 1.54) is 45.2 Å². The second-order valence-corrected chi connectivity index (χ2v) is 6.96. The zero-order chi connectivity index (χ0) is 13.9. The number of amides is 1. The van der Waals surface area contributed by atoms with Crippen molar-refractivity contribution in [1.82, 2.24) is 15.1 Å². The SMILES string of the molecule is CC1CCNC(C(=O)N2CCCC(N3CCCC3)C2)C1.Cl. The molecule has 3 atom stereocenters. The van der Waals surface area contributed by atoms with E-state index in [9.17, 15) is 4.79 Å². The number of likely N-dealkylation sites (tertiary alicyclic amines) is 2. The van der Waals surface area contributed by atoms with Crippen molar-refractivity contribution in [2.24, 2.45) is 5.92 Å². The predicted octanol–water partition coefficient (Wildman–Crippen LogP) is 1.88. The normalized spacial score (nSPS) is 34.5. The number of carbonyl (C=O) groups excluding carboxylic acids is 1. The molecule has 3 aliphatic heterocycles. The van der Waals surface area contributed by atoms with Crippen LogP contribution in [-0.2, 0) is 4.79 Å². The number of piperidine rings is 2. The van der Waals surface area contributed by atoms with E-state index in [1.54, 1.807) is 0 Å². The zero-order valence-corrected chi connectivity index (χ0v) is 14.0. The number of nitrogens with one attached hydrogen (secondary N) is 1. The minimum Gasteiger partial charge on any atom is -0.340 e. The topological polar surface area (TPSA) is 35.6 Å². The molecular formula is C16H30ClN3O. The van der Waals surface area contributed by atoms with Crippen LogP contribution in [0.5, 0.6) is 0 Å². The summed E-state index contributed by atoms with van der Waals surface area (Å²) in [5.41, 5.74) is 0. The molecule has 3 fully saturated rings. The molecule has 0 radical (unpaired) electrons. The van der Waals surface area contributed by atoms with Gasteiger partial charge in [0, 0.05) is 19.1 Å². The summed E-state index contributed by atoms with van der Waals surface area (Å²) in [6.07, 6.45) is 7.36. The van der Waals surface area contributed by atoms with E-state index in [2.05, 4.69) is 22.0 Å². The summed E-state index contributed by atoms with van der Waals surface area (Å²) in [6.45, 7) is 7.68. The zero-order valence-electron chi connectivity index (χ0n) is 13.2. The lowest BCUT2D eigenvalue weighted by Crippen LogP contribution is -2.55. The monoisotopic (exact) mass is 315 g/mol. The highest BCUT2D eigenvalue weighted by Gasteiger charge is 2.33. The van der Waals surface area contributed by atoms with Crippen molar-refractivity contribution in [2.45, 2.75) is 57.5 Å². The lowest BCUT2D eigenvalue weighted by Gasteiger charge is -2.40. The standard InChI is InChI=1S/C16H29N3O.ClH/c1-13-6-7-17-15(11-13)16(20)19-10-4-5-14(12-19)18-8-2-3-9-18;/h13-15,17H,2-12H2,1H3;1H. The van der Waals surface area contributed by atoms with E-state index in [0.29, 0.717) is 17.9 Å². The minimum atomic E-state index is 0. The molecule has 0 saturated carbocycles. The van der Waals surface area contributed by atoms with Gasteiger partial charge < -0.3 is 10.2 Å². The van der Waals surface area contributed by atoms with Gasteiger partial charge in [-0.25, -0.2) is 0 Å². The van der Waals surface area contributed by atoms with E-state index in [-0.39, 0.29) is 18.4 Å². The predicted molar refractivity (Wildman–Crippen MR) is 87.8 cm³/mol. The summed E-state index contributed by atoms with van der Waals surface area (Å²) >= 11 is 0. The maximum Gasteiger partial charge on any atom is 0.239 e. The van der Waals surface area contributed by atoms with Crippen LogP contribution in [0.25, 0.3) is 0 Å². The fourth-order valence-corrected chi connectivity index (χ4v) is 4.08. The average molecular weight is 316 g/mol. The van der Waals surface area contributed by atoms with Crippen LogP contribution in [0, 0.1) is 5.92 Å². The lowest BCUT2D eigenvalue weighted by atomic mass is 9.93. The Kier molecular flexibility index (Phi) is 6.33. The summed E-state index contributed by atoms with van der Waals surface area (Å²) in [6, 6.07) is 0.701. The smallest absolute Gasteiger partial charge is 0.239 e. The Morgan fingerprint density at radius 2 is 1.86 bits per heavy atom. The van der Waals surface area contributed by atoms with Gasteiger partial charge in [0.2, 0.25) is 5.91 Å². The summed E-state index contributed by atoms with van der Waals surface area (Å²) in [7, 11) is 0. The molecule has 0 aliphatic carbocycles. The van der Waals surface area contributed by atoms with Crippen LogP contribution in [-0.4, -0.2) is 60.5 Å². The number of nitrogens with zero attached hydrogens (tertiary/aromatic N) is 2. The molecule has 1 amide bonds. The Morgan fingerprint density at radius 3 is 2.57 bits per heavy atom. The van der Waals surface area contributed by atoms with Gasteiger partial charge in [-0.2, -0.15) is 0 Å².